The molecule has 0 radical (unpaired) electrons. The normalized spacial score (nSPS) is 25.0. The molecule has 0 saturated carbocycles. The monoisotopic (exact) mass is 146 g/mol. The molecule has 1 atom stereocenters. The van der Waals surface area contributed by atoms with Gasteiger partial charge in [-0.15, -0.1) is 0 Å². The summed E-state index contributed by atoms with van der Waals surface area (Å²) < 4.78 is 0. The Balaban J connectivity index is 0.000000810. The van der Waals surface area contributed by atoms with Crippen molar-refractivity contribution in [3.8, 4) is 0 Å². The molecule has 1 saturated heterocycles. The molecule has 0 aromatic carbocycles. The number of hydrogen-bond donors (Lipinski definition) is 2. The van der Waals surface area contributed by atoms with Crippen molar-refractivity contribution < 1.29 is 9.90 Å². The van der Waals surface area contributed by atoms with E-state index < -0.39 is 12.0 Å². The fraction of sp³-hybridized carbons (Fsp3) is 0.833. The molecule has 0 aliphatic carbocycles. The zero-order valence-electron chi connectivity index (χ0n) is 6.22. The minimum atomic E-state index is -0.963. The maximum atomic E-state index is 10.2. The Hall–Kier alpha value is -0.610. The van der Waals surface area contributed by atoms with E-state index in [1.807, 2.05) is 0 Å². The molecule has 60 valence electrons. The number of carboxylic acid groups (broad SMARTS) is 1. The lowest BCUT2D eigenvalue weighted by Gasteiger charge is -2.23. The Kier molecular flexibility index (Phi) is 3.99. The first-order valence-electron chi connectivity index (χ1n) is 3.25. The average molecular weight is 146 g/mol. The fourth-order valence-electron chi connectivity index (χ4n) is 1.05. The van der Waals surface area contributed by atoms with Crippen LogP contribution in [-0.2, 0) is 4.79 Å². The number of rotatable bonds is 1. The van der Waals surface area contributed by atoms with Gasteiger partial charge < -0.3 is 21.4 Å². The van der Waals surface area contributed by atoms with Crippen molar-refractivity contribution in [3.05, 3.63) is 0 Å². The van der Waals surface area contributed by atoms with Gasteiger partial charge in [-0.05, 0) is 19.4 Å². The summed E-state index contributed by atoms with van der Waals surface area (Å²) in [5, 5.41) is 13.0. The Morgan fingerprint density at radius 2 is 2.20 bits per heavy atom. The first-order valence-corrected chi connectivity index (χ1v) is 3.25. The predicted molar refractivity (Wildman–Crippen MR) is 36.6 cm³/mol. The lowest BCUT2D eigenvalue weighted by Crippen LogP contribution is -2.47. The number of quaternary nitrogens is 1. The average Bonchev–Trinajstić information content (AvgIpc) is 1.90. The first-order chi connectivity index (χ1) is 4.30. The molecule has 4 heteroatoms. The molecule has 0 aromatic rings. The van der Waals surface area contributed by atoms with Gasteiger partial charge in [-0.2, -0.15) is 0 Å². The molecule has 0 unspecified atom stereocenters. The summed E-state index contributed by atoms with van der Waals surface area (Å²) in [6.07, 6.45) is 2.82. The molecule has 1 aliphatic heterocycles. The summed E-state index contributed by atoms with van der Waals surface area (Å²) in [6, 6.07) is -0.390. The van der Waals surface area contributed by atoms with E-state index in [0.29, 0.717) is 0 Å². The molecular weight excluding hydrogens is 132 g/mol. The quantitative estimate of drug-likeness (QED) is 0.510. The highest BCUT2D eigenvalue weighted by Gasteiger charge is 2.11. The Morgan fingerprint density at radius 3 is 2.50 bits per heavy atom. The van der Waals surface area contributed by atoms with Gasteiger partial charge in [0.2, 0.25) is 0 Å². The van der Waals surface area contributed by atoms with E-state index in [4.69, 9.17) is 0 Å². The van der Waals surface area contributed by atoms with Crippen LogP contribution < -0.4 is 16.6 Å². The zero-order chi connectivity index (χ0) is 6.69. The molecule has 1 rings (SSSR count). The minimum absolute atomic E-state index is 0. The van der Waals surface area contributed by atoms with Gasteiger partial charge in [0, 0.05) is 6.04 Å². The Bertz CT molecular complexity index is 110. The summed E-state index contributed by atoms with van der Waals surface area (Å²) in [5.74, 6) is -0.963. The summed E-state index contributed by atoms with van der Waals surface area (Å²) in [4.78, 5) is 10.2. The van der Waals surface area contributed by atoms with Gasteiger partial charge in [0.1, 0.15) is 0 Å². The van der Waals surface area contributed by atoms with Gasteiger partial charge in [0.05, 0.1) is 5.97 Å². The topological polar surface area (TPSA) is 88.7 Å². The van der Waals surface area contributed by atoms with Crippen LogP contribution in [0.3, 0.4) is 0 Å². The van der Waals surface area contributed by atoms with Crippen LogP contribution in [-0.4, -0.2) is 18.6 Å². The number of nitrogens with one attached hydrogen (secondary N) is 1. The van der Waals surface area contributed by atoms with Gasteiger partial charge in [-0.1, -0.05) is 6.42 Å². The highest BCUT2D eigenvalue weighted by atomic mass is 16.4. The number of piperidine rings is 1. The highest BCUT2D eigenvalue weighted by Crippen LogP contribution is 2.05. The highest BCUT2D eigenvalue weighted by molar-refractivity contribution is 5.71. The van der Waals surface area contributed by atoms with Crippen LogP contribution in [0.5, 0.6) is 0 Å². The number of carbonyl (C=O) groups excluding carboxylic acids is 1. The molecule has 0 spiro atoms. The second-order valence-electron chi connectivity index (χ2n) is 2.32. The first kappa shape index (κ1) is 9.39. The van der Waals surface area contributed by atoms with Gasteiger partial charge in [0.15, 0.2) is 0 Å². The van der Waals surface area contributed by atoms with Crippen molar-refractivity contribution in [1.29, 1.82) is 0 Å². The zero-order valence-corrected chi connectivity index (χ0v) is 6.22. The van der Waals surface area contributed by atoms with Crippen LogP contribution in [0.15, 0.2) is 0 Å². The Morgan fingerprint density at radius 1 is 1.50 bits per heavy atom. The maximum Gasteiger partial charge on any atom is 0.0584 e. The summed E-state index contributed by atoms with van der Waals surface area (Å²) in [6.45, 7) is 0.818. The van der Waals surface area contributed by atoms with E-state index in [-0.39, 0.29) is 6.15 Å². The number of aliphatic carboxylic acids is 1. The SMILES string of the molecule is O=C([O-])[C@@H]1CCCCN1.[NH4+]. The lowest BCUT2D eigenvalue weighted by molar-refractivity contribution is -0.308. The van der Waals surface area contributed by atoms with Crippen molar-refractivity contribution in [1.82, 2.24) is 11.5 Å². The molecule has 4 nitrogen and oxygen atoms in total. The third-order valence-corrected chi connectivity index (χ3v) is 1.59. The molecule has 1 fully saturated rings. The summed E-state index contributed by atoms with van der Waals surface area (Å²) in [7, 11) is 0. The van der Waals surface area contributed by atoms with E-state index in [0.717, 1.165) is 25.8 Å². The van der Waals surface area contributed by atoms with E-state index in [2.05, 4.69) is 5.32 Å². The van der Waals surface area contributed by atoms with E-state index in [9.17, 15) is 9.90 Å². The second kappa shape index (κ2) is 4.24. The van der Waals surface area contributed by atoms with Gasteiger partial charge in [-0.25, -0.2) is 0 Å². The summed E-state index contributed by atoms with van der Waals surface area (Å²) in [5.41, 5.74) is 0. The fourth-order valence-corrected chi connectivity index (χ4v) is 1.05. The van der Waals surface area contributed by atoms with Crippen molar-refractivity contribution in [2.45, 2.75) is 25.3 Å². The molecular formula is C6H14N2O2. The third kappa shape index (κ3) is 2.33. The van der Waals surface area contributed by atoms with Crippen LogP contribution >= 0.6 is 0 Å². The third-order valence-electron chi connectivity index (χ3n) is 1.59. The van der Waals surface area contributed by atoms with Crippen LogP contribution in [0.1, 0.15) is 19.3 Å². The number of hydrogen-bond acceptors (Lipinski definition) is 3. The maximum absolute atomic E-state index is 10.2. The van der Waals surface area contributed by atoms with Crippen LogP contribution in [0.25, 0.3) is 0 Å². The van der Waals surface area contributed by atoms with Crippen molar-refractivity contribution in [3.63, 3.8) is 0 Å². The molecule has 0 aromatic heterocycles. The molecule has 0 amide bonds. The molecule has 5 N–H and O–H groups in total. The summed E-state index contributed by atoms with van der Waals surface area (Å²) >= 11 is 0. The largest absolute Gasteiger partial charge is 0.548 e. The van der Waals surface area contributed by atoms with E-state index in [1.165, 1.54) is 0 Å². The number of carbonyl (C=O) groups is 1. The van der Waals surface area contributed by atoms with E-state index >= 15 is 0 Å². The van der Waals surface area contributed by atoms with E-state index in [1.54, 1.807) is 0 Å². The van der Waals surface area contributed by atoms with Crippen LogP contribution in [0, 0.1) is 0 Å². The van der Waals surface area contributed by atoms with Crippen molar-refractivity contribution in [2.24, 2.45) is 0 Å². The standard InChI is InChI=1S/C6H11NO2.H3N/c8-6(9)5-3-1-2-4-7-5;/h5,7H,1-4H2,(H,8,9);1H3/t5-;/m0./s1. The molecule has 10 heavy (non-hydrogen) atoms. The lowest BCUT2D eigenvalue weighted by atomic mass is 10.1. The molecule has 1 heterocycles. The van der Waals surface area contributed by atoms with Crippen molar-refractivity contribution in [2.75, 3.05) is 6.54 Å². The smallest absolute Gasteiger partial charge is 0.0584 e. The number of carboxylic acids is 1. The second-order valence-corrected chi connectivity index (χ2v) is 2.32. The van der Waals surface area contributed by atoms with Crippen LogP contribution in [0.2, 0.25) is 0 Å². The molecule has 0 bridgehead atoms. The van der Waals surface area contributed by atoms with Gasteiger partial charge >= 0.3 is 0 Å². The van der Waals surface area contributed by atoms with Crippen LogP contribution in [0.4, 0.5) is 0 Å². The minimum Gasteiger partial charge on any atom is -0.548 e. The molecule has 1 aliphatic rings. The van der Waals surface area contributed by atoms with Crippen molar-refractivity contribution >= 4 is 5.97 Å². The van der Waals surface area contributed by atoms with Gasteiger partial charge in [-0.3, -0.25) is 0 Å². The van der Waals surface area contributed by atoms with Gasteiger partial charge in [0.25, 0.3) is 0 Å². The Labute approximate surface area is 60.2 Å². The predicted octanol–water partition coefficient (Wildman–Crippen LogP) is -0.745.